The highest BCUT2D eigenvalue weighted by molar-refractivity contribution is 6.30. The van der Waals surface area contributed by atoms with Gasteiger partial charge in [0.1, 0.15) is 0 Å². The number of anilines is 1. The number of nitrogens with one attached hydrogen (secondary N) is 1. The Morgan fingerprint density at radius 3 is 2.54 bits per heavy atom. The Kier molecular flexibility index (Phi) is 5.62. The van der Waals surface area contributed by atoms with Gasteiger partial charge in [-0.25, -0.2) is 0 Å². The van der Waals surface area contributed by atoms with Crippen LogP contribution < -0.4 is 10.2 Å². The zero-order valence-electron chi connectivity index (χ0n) is 15.0. The zero-order valence-corrected chi connectivity index (χ0v) is 15.8. The van der Waals surface area contributed by atoms with Crippen molar-refractivity contribution in [1.29, 1.82) is 0 Å². The second-order valence-electron chi connectivity index (χ2n) is 6.71. The smallest absolute Gasteiger partial charge is 0.230 e. The largest absolute Gasteiger partial charge is 0.352 e. The molecule has 1 aliphatic carbocycles. The quantitative estimate of drug-likeness (QED) is 0.836. The first-order chi connectivity index (χ1) is 12.5. The average molecular weight is 371 g/mol. The van der Waals surface area contributed by atoms with Crippen molar-refractivity contribution in [2.45, 2.75) is 26.8 Å². The maximum atomic E-state index is 12.8. The molecule has 1 saturated carbocycles. The predicted molar refractivity (Wildman–Crippen MR) is 104 cm³/mol. The summed E-state index contributed by atoms with van der Waals surface area (Å²) in [6, 6.07) is 15.3. The highest BCUT2D eigenvalue weighted by atomic mass is 35.5. The van der Waals surface area contributed by atoms with E-state index in [2.05, 4.69) is 5.32 Å². The molecule has 0 aromatic heterocycles. The molecule has 2 amide bonds. The number of carbonyl (C=O) groups is 2. The molecule has 0 spiro atoms. The van der Waals surface area contributed by atoms with E-state index in [1.165, 1.54) is 0 Å². The summed E-state index contributed by atoms with van der Waals surface area (Å²) in [5, 5.41) is 3.59. The standard InChI is InChI=1S/C21H23ClN2O2/c1-3-24(17-6-4-5-14(2)11-17)21(26)19-12-18(19)20(25)23-13-15-7-9-16(22)10-8-15/h4-11,18-19H,3,12-13H2,1-2H3,(H,23,25). The normalized spacial score (nSPS) is 18.3. The average Bonchev–Trinajstić information content (AvgIpc) is 3.42. The first-order valence-electron chi connectivity index (χ1n) is 8.89. The van der Waals surface area contributed by atoms with Crippen molar-refractivity contribution >= 4 is 29.1 Å². The number of amides is 2. The zero-order chi connectivity index (χ0) is 18.7. The fourth-order valence-corrected chi connectivity index (χ4v) is 3.27. The first-order valence-corrected chi connectivity index (χ1v) is 9.27. The van der Waals surface area contributed by atoms with Gasteiger partial charge in [0, 0.05) is 23.8 Å². The third-order valence-electron chi connectivity index (χ3n) is 4.72. The number of halogens is 1. The molecule has 4 nitrogen and oxygen atoms in total. The minimum Gasteiger partial charge on any atom is -0.352 e. The van der Waals surface area contributed by atoms with E-state index in [1.54, 1.807) is 17.0 Å². The van der Waals surface area contributed by atoms with Crippen molar-refractivity contribution in [3.05, 3.63) is 64.7 Å². The van der Waals surface area contributed by atoms with Crippen molar-refractivity contribution < 1.29 is 9.59 Å². The lowest BCUT2D eigenvalue weighted by atomic mass is 10.2. The van der Waals surface area contributed by atoms with Crippen LogP contribution in [0.2, 0.25) is 5.02 Å². The number of hydrogen-bond acceptors (Lipinski definition) is 2. The van der Waals surface area contributed by atoms with Gasteiger partial charge in [0.05, 0.1) is 11.8 Å². The molecule has 0 radical (unpaired) electrons. The van der Waals surface area contributed by atoms with Crippen molar-refractivity contribution in [3.8, 4) is 0 Å². The van der Waals surface area contributed by atoms with Crippen LogP contribution in [0.3, 0.4) is 0 Å². The Labute approximate surface area is 159 Å². The molecule has 0 saturated heterocycles. The molecule has 1 aliphatic rings. The topological polar surface area (TPSA) is 49.4 Å². The van der Waals surface area contributed by atoms with Crippen molar-refractivity contribution in [1.82, 2.24) is 5.32 Å². The molecule has 2 atom stereocenters. The molecule has 0 bridgehead atoms. The van der Waals surface area contributed by atoms with Gasteiger partial charge in [0.15, 0.2) is 0 Å². The highest BCUT2D eigenvalue weighted by Crippen LogP contribution is 2.41. The molecule has 136 valence electrons. The van der Waals surface area contributed by atoms with E-state index in [0.29, 0.717) is 24.5 Å². The van der Waals surface area contributed by atoms with Crippen LogP contribution in [-0.2, 0) is 16.1 Å². The third kappa shape index (κ3) is 4.25. The summed E-state index contributed by atoms with van der Waals surface area (Å²) in [7, 11) is 0. The van der Waals surface area contributed by atoms with Crippen molar-refractivity contribution in [2.75, 3.05) is 11.4 Å². The van der Waals surface area contributed by atoms with Gasteiger partial charge in [0.2, 0.25) is 11.8 Å². The number of aryl methyl sites for hydroxylation is 1. The Bertz CT molecular complexity index is 804. The summed E-state index contributed by atoms with van der Waals surface area (Å²) in [6.07, 6.45) is 0.619. The van der Waals surface area contributed by atoms with Gasteiger partial charge in [0.25, 0.3) is 0 Å². The molecule has 5 heteroatoms. The summed E-state index contributed by atoms with van der Waals surface area (Å²) in [5.41, 5.74) is 2.99. The Morgan fingerprint density at radius 2 is 1.88 bits per heavy atom. The molecule has 1 fully saturated rings. The van der Waals surface area contributed by atoms with Crippen LogP contribution in [0.5, 0.6) is 0 Å². The lowest BCUT2D eigenvalue weighted by Crippen LogP contribution is -2.34. The number of benzene rings is 2. The van der Waals surface area contributed by atoms with Gasteiger partial charge in [-0.3, -0.25) is 9.59 Å². The van der Waals surface area contributed by atoms with E-state index in [1.807, 2.05) is 50.2 Å². The molecule has 2 unspecified atom stereocenters. The van der Waals surface area contributed by atoms with Gasteiger partial charge >= 0.3 is 0 Å². The summed E-state index contributed by atoms with van der Waals surface area (Å²) < 4.78 is 0. The monoisotopic (exact) mass is 370 g/mol. The lowest BCUT2D eigenvalue weighted by Gasteiger charge is -2.21. The number of rotatable bonds is 6. The van der Waals surface area contributed by atoms with E-state index < -0.39 is 0 Å². The van der Waals surface area contributed by atoms with Crippen LogP contribution in [-0.4, -0.2) is 18.4 Å². The minimum absolute atomic E-state index is 0.0322. The van der Waals surface area contributed by atoms with Crippen molar-refractivity contribution in [3.63, 3.8) is 0 Å². The van der Waals surface area contributed by atoms with Crippen LogP contribution in [0.15, 0.2) is 48.5 Å². The summed E-state index contributed by atoms with van der Waals surface area (Å²) >= 11 is 5.86. The second kappa shape index (κ2) is 7.92. The Morgan fingerprint density at radius 1 is 1.15 bits per heavy atom. The van der Waals surface area contributed by atoms with Gasteiger partial charge in [-0.05, 0) is 55.7 Å². The van der Waals surface area contributed by atoms with Crippen LogP contribution in [0.25, 0.3) is 0 Å². The molecular weight excluding hydrogens is 348 g/mol. The van der Waals surface area contributed by atoms with E-state index in [9.17, 15) is 9.59 Å². The molecule has 3 rings (SSSR count). The van der Waals surface area contributed by atoms with E-state index in [0.717, 1.165) is 16.8 Å². The lowest BCUT2D eigenvalue weighted by molar-refractivity contribution is -0.126. The first kappa shape index (κ1) is 18.5. The number of carbonyl (C=O) groups excluding carboxylic acids is 2. The molecular formula is C21H23ClN2O2. The van der Waals surface area contributed by atoms with E-state index in [-0.39, 0.29) is 23.7 Å². The number of hydrogen-bond donors (Lipinski definition) is 1. The summed E-state index contributed by atoms with van der Waals surface area (Å²) in [6.45, 7) is 5.00. The van der Waals surface area contributed by atoms with E-state index >= 15 is 0 Å². The van der Waals surface area contributed by atoms with Crippen LogP contribution in [0, 0.1) is 18.8 Å². The third-order valence-corrected chi connectivity index (χ3v) is 4.97. The maximum absolute atomic E-state index is 12.8. The van der Waals surface area contributed by atoms with Gasteiger partial charge in [-0.15, -0.1) is 0 Å². The maximum Gasteiger partial charge on any atom is 0.230 e. The SMILES string of the molecule is CCN(C(=O)C1CC1C(=O)NCc1ccc(Cl)cc1)c1cccc(C)c1. The fraction of sp³-hybridized carbons (Fsp3) is 0.333. The molecule has 1 N–H and O–H groups in total. The fourth-order valence-electron chi connectivity index (χ4n) is 3.14. The predicted octanol–water partition coefficient (Wildman–Crippen LogP) is 3.95. The van der Waals surface area contributed by atoms with Crippen LogP contribution in [0.1, 0.15) is 24.5 Å². The second-order valence-corrected chi connectivity index (χ2v) is 7.15. The minimum atomic E-state index is -0.228. The van der Waals surface area contributed by atoms with E-state index in [4.69, 9.17) is 11.6 Å². The molecule has 2 aromatic rings. The Hall–Kier alpha value is -2.33. The molecule has 0 heterocycles. The van der Waals surface area contributed by atoms with Gasteiger partial charge in [-0.2, -0.15) is 0 Å². The molecule has 0 aliphatic heterocycles. The summed E-state index contributed by atoms with van der Waals surface area (Å²) in [4.78, 5) is 26.9. The van der Waals surface area contributed by atoms with Crippen LogP contribution >= 0.6 is 11.6 Å². The van der Waals surface area contributed by atoms with Gasteiger partial charge < -0.3 is 10.2 Å². The molecule has 2 aromatic carbocycles. The van der Waals surface area contributed by atoms with Crippen molar-refractivity contribution in [2.24, 2.45) is 11.8 Å². The van der Waals surface area contributed by atoms with Gasteiger partial charge in [-0.1, -0.05) is 35.9 Å². The Balaban J connectivity index is 1.57. The number of nitrogens with zero attached hydrogens (tertiary/aromatic N) is 1. The summed E-state index contributed by atoms with van der Waals surface area (Å²) in [5.74, 6) is -0.474. The molecule has 26 heavy (non-hydrogen) atoms. The van der Waals surface area contributed by atoms with Crippen LogP contribution in [0.4, 0.5) is 5.69 Å². The highest BCUT2D eigenvalue weighted by Gasteiger charge is 2.49.